The van der Waals surface area contributed by atoms with Gasteiger partial charge in [-0.2, -0.15) is 0 Å². The van der Waals surface area contributed by atoms with Gasteiger partial charge in [0.15, 0.2) is 0 Å². The van der Waals surface area contributed by atoms with Gasteiger partial charge in [0.2, 0.25) is 17.7 Å². The van der Waals surface area contributed by atoms with Gasteiger partial charge in [0.1, 0.15) is 0 Å². The van der Waals surface area contributed by atoms with Crippen molar-refractivity contribution in [2.24, 2.45) is 0 Å². The highest BCUT2D eigenvalue weighted by Gasteiger charge is 2.33. The van der Waals surface area contributed by atoms with E-state index >= 15 is 0 Å². The van der Waals surface area contributed by atoms with E-state index in [4.69, 9.17) is 16.0 Å². The summed E-state index contributed by atoms with van der Waals surface area (Å²) >= 11 is 10.9. The molecule has 0 radical (unpaired) electrons. The number of rotatable bonds is 7. The predicted octanol–water partition coefficient (Wildman–Crippen LogP) is 5.44. The molecule has 144 valence electrons. The normalized spacial score (nSPS) is 13.5. The van der Waals surface area contributed by atoms with Crippen LogP contribution in [0.2, 0.25) is 5.02 Å². The molecule has 1 aliphatic carbocycles. The van der Waals surface area contributed by atoms with E-state index in [-0.39, 0.29) is 11.9 Å². The Bertz CT molecular complexity index is 958. The van der Waals surface area contributed by atoms with E-state index < -0.39 is 0 Å². The molecule has 0 aliphatic heterocycles. The Balaban J connectivity index is 1.40. The van der Waals surface area contributed by atoms with Gasteiger partial charge in [-0.05, 0) is 61.4 Å². The number of amides is 1. The lowest BCUT2D eigenvalue weighted by Gasteiger charge is -2.20. The van der Waals surface area contributed by atoms with E-state index in [1.165, 1.54) is 11.8 Å². The lowest BCUT2D eigenvalue weighted by Crippen LogP contribution is -2.34. The van der Waals surface area contributed by atoms with Gasteiger partial charge < -0.3 is 9.32 Å². The first kappa shape index (κ1) is 19.5. The monoisotopic (exact) mass is 477 g/mol. The van der Waals surface area contributed by atoms with E-state index in [0.29, 0.717) is 29.1 Å². The van der Waals surface area contributed by atoms with Crippen LogP contribution in [0.4, 0.5) is 0 Å². The molecule has 0 saturated heterocycles. The smallest absolute Gasteiger partial charge is 0.247 e. The van der Waals surface area contributed by atoms with Crippen LogP contribution >= 0.6 is 39.3 Å². The SMILES string of the molecule is O=C(CSc1ccc(Br)cc1)N(Cc1nnc(-c2ccc(Cl)cc2)o1)C1CC1. The molecule has 3 aromatic rings. The van der Waals surface area contributed by atoms with E-state index in [0.717, 1.165) is 27.8 Å². The van der Waals surface area contributed by atoms with Gasteiger partial charge in [0.25, 0.3) is 0 Å². The average Bonchev–Trinajstić information content (AvgIpc) is 3.44. The molecule has 0 atom stereocenters. The number of thioether (sulfide) groups is 1. The highest BCUT2D eigenvalue weighted by atomic mass is 79.9. The minimum absolute atomic E-state index is 0.0849. The van der Waals surface area contributed by atoms with Crippen LogP contribution in [0.15, 0.2) is 62.3 Å². The number of carbonyl (C=O) groups is 1. The number of benzene rings is 2. The van der Waals surface area contributed by atoms with Gasteiger partial charge in [-0.15, -0.1) is 22.0 Å². The summed E-state index contributed by atoms with van der Waals surface area (Å²) in [6.45, 7) is 0.338. The molecule has 1 aromatic heterocycles. The maximum absolute atomic E-state index is 12.8. The summed E-state index contributed by atoms with van der Waals surface area (Å²) in [7, 11) is 0. The first-order chi connectivity index (χ1) is 13.6. The highest BCUT2D eigenvalue weighted by Crippen LogP contribution is 2.30. The molecule has 8 heteroatoms. The van der Waals surface area contributed by atoms with E-state index in [1.54, 1.807) is 12.1 Å². The Morgan fingerprint density at radius 1 is 1.14 bits per heavy atom. The van der Waals surface area contributed by atoms with Gasteiger partial charge in [-0.3, -0.25) is 4.79 Å². The van der Waals surface area contributed by atoms with Crippen molar-refractivity contribution in [1.82, 2.24) is 15.1 Å². The fraction of sp³-hybridized carbons (Fsp3) is 0.250. The fourth-order valence-electron chi connectivity index (χ4n) is 2.74. The third kappa shape index (κ3) is 4.96. The predicted molar refractivity (Wildman–Crippen MR) is 113 cm³/mol. The minimum Gasteiger partial charge on any atom is -0.419 e. The third-order valence-electron chi connectivity index (χ3n) is 4.35. The third-order valence-corrected chi connectivity index (χ3v) is 6.12. The molecule has 1 fully saturated rings. The lowest BCUT2D eigenvalue weighted by atomic mass is 10.2. The second-order valence-corrected chi connectivity index (χ2v) is 8.90. The summed E-state index contributed by atoms with van der Waals surface area (Å²) in [5, 5.41) is 8.87. The largest absolute Gasteiger partial charge is 0.419 e. The molecule has 1 saturated carbocycles. The number of hydrogen-bond donors (Lipinski definition) is 0. The van der Waals surface area contributed by atoms with Crippen molar-refractivity contribution >= 4 is 45.2 Å². The van der Waals surface area contributed by atoms with Crippen molar-refractivity contribution in [3.63, 3.8) is 0 Å². The summed E-state index contributed by atoms with van der Waals surface area (Å²) in [5.74, 6) is 1.34. The standard InChI is InChI=1S/C20H17BrClN3O2S/c21-14-3-9-17(10-4-14)28-12-19(26)25(16-7-8-16)11-18-23-24-20(27-18)13-1-5-15(22)6-2-13/h1-6,9-10,16H,7-8,11-12H2. The van der Waals surface area contributed by atoms with E-state index in [1.807, 2.05) is 41.3 Å². The molecule has 2 aromatic carbocycles. The molecule has 1 amide bonds. The Labute approximate surface area is 180 Å². The van der Waals surface area contributed by atoms with Crippen LogP contribution in [0.25, 0.3) is 11.5 Å². The molecule has 0 unspecified atom stereocenters. The van der Waals surface area contributed by atoms with Crippen molar-refractivity contribution in [1.29, 1.82) is 0 Å². The quantitative estimate of drug-likeness (QED) is 0.423. The summed E-state index contributed by atoms with van der Waals surface area (Å²) in [4.78, 5) is 15.7. The van der Waals surface area contributed by atoms with E-state index in [2.05, 4.69) is 26.1 Å². The Morgan fingerprint density at radius 2 is 1.86 bits per heavy atom. The first-order valence-electron chi connectivity index (χ1n) is 8.84. The molecule has 0 bridgehead atoms. The maximum atomic E-state index is 12.8. The number of nitrogens with zero attached hydrogens (tertiary/aromatic N) is 3. The van der Waals surface area contributed by atoms with Crippen LogP contribution in [-0.2, 0) is 11.3 Å². The first-order valence-corrected chi connectivity index (χ1v) is 11.0. The van der Waals surface area contributed by atoms with Crippen LogP contribution in [0.5, 0.6) is 0 Å². The number of halogens is 2. The van der Waals surface area contributed by atoms with Crippen LogP contribution < -0.4 is 0 Å². The second-order valence-electron chi connectivity index (χ2n) is 6.50. The van der Waals surface area contributed by atoms with Gasteiger partial charge >= 0.3 is 0 Å². The summed E-state index contributed by atoms with van der Waals surface area (Å²) in [6, 6.07) is 15.4. The zero-order chi connectivity index (χ0) is 19.5. The van der Waals surface area contributed by atoms with Gasteiger partial charge in [0, 0.05) is 26.0 Å². The highest BCUT2D eigenvalue weighted by molar-refractivity contribution is 9.10. The lowest BCUT2D eigenvalue weighted by molar-refractivity contribution is -0.129. The molecular formula is C20H17BrClN3O2S. The molecule has 5 nitrogen and oxygen atoms in total. The molecular weight excluding hydrogens is 462 g/mol. The van der Waals surface area contributed by atoms with Gasteiger partial charge in [0.05, 0.1) is 12.3 Å². The Morgan fingerprint density at radius 3 is 2.54 bits per heavy atom. The Hall–Kier alpha value is -1.83. The average molecular weight is 479 g/mol. The molecule has 4 rings (SSSR count). The zero-order valence-electron chi connectivity index (χ0n) is 14.8. The summed E-state index contributed by atoms with van der Waals surface area (Å²) in [5.41, 5.74) is 0.804. The van der Waals surface area contributed by atoms with Crippen LogP contribution in [0, 0.1) is 0 Å². The number of aromatic nitrogens is 2. The van der Waals surface area contributed by atoms with E-state index in [9.17, 15) is 4.79 Å². The van der Waals surface area contributed by atoms with Crippen molar-refractivity contribution in [2.75, 3.05) is 5.75 Å². The summed E-state index contributed by atoms with van der Waals surface area (Å²) in [6.07, 6.45) is 2.04. The van der Waals surface area contributed by atoms with Crippen LogP contribution in [0.1, 0.15) is 18.7 Å². The number of hydrogen-bond acceptors (Lipinski definition) is 5. The van der Waals surface area contributed by atoms with Gasteiger partial charge in [-0.25, -0.2) is 0 Å². The fourth-order valence-corrected chi connectivity index (χ4v) is 3.91. The van der Waals surface area contributed by atoms with Crippen molar-refractivity contribution < 1.29 is 9.21 Å². The zero-order valence-corrected chi connectivity index (χ0v) is 18.0. The van der Waals surface area contributed by atoms with Crippen molar-refractivity contribution in [2.45, 2.75) is 30.3 Å². The molecule has 0 N–H and O–H groups in total. The summed E-state index contributed by atoms with van der Waals surface area (Å²) < 4.78 is 6.80. The maximum Gasteiger partial charge on any atom is 0.247 e. The van der Waals surface area contributed by atoms with Crippen LogP contribution in [0.3, 0.4) is 0 Å². The molecule has 0 spiro atoms. The molecule has 1 aliphatic rings. The number of carbonyl (C=O) groups excluding carboxylic acids is 1. The molecule has 28 heavy (non-hydrogen) atoms. The molecule has 1 heterocycles. The second kappa shape index (κ2) is 8.68. The van der Waals surface area contributed by atoms with Crippen LogP contribution in [-0.4, -0.2) is 32.8 Å². The van der Waals surface area contributed by atoms with Crippen molar-refractivity contribution in [3.05, 3.63) is 63.9 Å². The minimum atomic E-state index is 0.0849. The topological polar surface area (TPSA) is 59.2 Å². The van der Waals surface area contributed by atoms with Crippen molar-refractivity contribution in [3.8, 4) is 11.5 Å². The Kier molecular flexibility index (Phi) is 6.04. The van der Waals surface area contributed by atoms with Gasteiger partial charge in [-0.1, -0.05) is 27.5 Å².